The van der Waals surface area contributed by atoms with E-state index >= 15 is 0 Å². The number of carbonyl (C=O) groups excluding carboxylic acids is 2. The van der Waals surface area contributed by atoms with Crippen molar-refractivity contribution in [1.29, 1.82) is 0 Å². The lowest BCUT2D eigenvalue weighted by Crippen LogP contribution is -2.51. The van der Waals surface area contributed by atoms with Crippen LogP contribution in [0.4, 0.5) is 0 Å². The number of hydrogen-bond donors (Lipinski definition) is 0. The van der Waals surface area contributed by atoms with Gasteiger partial charge in [-0.25, -0.2) is 0 Å². The molecular weight excluding hydrogens is 280 g/mol. The second kappa shape index (κ2) is 4.83. The summed E-state index contributed by atoms with van der Waals surface area (Å²) in [7, 11) is 0. The van der Waals surface area contributed by atoms with Crippen molar-refractivity contribution in [1.82, 2.24) is 0 Å². The maximum atomic E-state index is 12.8. The average molecular weight is 299 g/mol. The third-order valence-corrected chi connectivity index (χ3v) is 5.78. The second-order valence-electron chi connectivity index (χ2n) is 7.37. The van der Waals surface area contributed by atoms with Crippen molar-refractivity contribution in [2.24, 2.45) is 23.2 Å². The Labute approximate surface area is 129 Å². The van der Waals surface area contributed by atoms with E-state index in [9.17, 15) is 14.7 Å². The summed E-state index contributed by atoms with van der Waals surface area (Å²) in [6.45, 7) is 0. The molecule has 0 radical (unpaired) electrons. The molecule has 1 aromatic rings. The summed E-state index contributed by atoms with van der Waals surface area (Å²) in [5.41, 5.74) is -0.436. The minimum absolute atomic E-state index is 0.0550. The first-order valence-electron chi connectivity index (χ1n) is 8.08. The second-order valence-corrected chi connectivity index (χ2v) is 7.37. The first-order chi connectivity index (χ1) is 10.6. The lowest BCUT2D eigenvalue weighted by molar-refractivity contribution is -0.255. The first kappa shape index (κ1) is 13.8. The van der Waals surface area contributed by atoms with Crippen LogP contribution in [0.3, 0.4) is 0 Å². The summed E-state index contributed by atoms with van der Waals surface area (Å²) in [6.07, 6.45) is 6.48. The summed E-state index contributed by atoms with van der Waals surface area (Å²) in [4.78, 5) is 24.0. The van der Waals surface area contributed by atoms with Gasteiger partial charge in [-0.1, -0.05) is 12.1 Å². The smallest absolute Gasteiger partial charge is 0.317 e. The number of aromatic carboxylic acids is 1. The van der Waals surface area contributed by atoms with Crippen LogP contribution in [-0.4, -0.2) is 11.9 Å². The Morgan fingerprint density at radius 3 is 2.09 bits per heavy atom. The number of esters is 1. The van der Waals surface area contributed by atoms with Gasteiger partial charge < -0.3 is 14.6 Å². The monoisotopic (exact) mass is 299 g/mol. The summed E-state index contributed by atoms with van der Waals surface area (Å²) >= 11 is 0. The standard InChI is InChI=1S/C18H20O4/c19-16(20)14-3-1-2-4-15(14)22-17(21)18-8-11-5-12(9-18)7-13(6-11)10-18/h1-4,11-13H,5-10H2,(H,19,20)/p-1. The van der Waals surface area contributed by atoms with Crippen LogP contribution in [0.1, 0.15) is 48.9 Å². The molecule has 0 amide bonds. The van der Waals surface area contributed by atoms with E-state index in [-0.39, 0.29) is 22.7 Å². The van der Waals surface area contributed by atoms with Crippen LogP contribution < -0.4 is 9.84 Å². The molecule has 4 saturated carbocycles. The summed E-state index contributed by atoms with van der Waals surface area (Å²) in [5, 5.41) is 11.1. The zero-order valence-corrected chi connectivity index (χ0v) is 12.4. The maximum Gasteiger partial charge on any atom is 0.317 e. The van der Waals surface area contributed by atoms with Gasteiger partial charge in [0.1, 0.15) is 5.75 Å². The molecule has 0 aromatic heterocycles. The molecule has 0 heterocycles. The predicted octanol–water partition coefficient (Wildman–Crippen LogP) is 2.17. The van der Waals surface area contributed by atoms with Gasteiger partial charge in [-0.2, -0.15) is 0 Å². The number of ether oxygens (including phenoxy) is 1. The van der Waals surface area contributed by atoms with Gasteiger partial charge in [0, 0.05) is 5.56 Å². The molecule has 0 unspecified atom stereocenters. The van der Waals surface area contributed by atoms with Crippen molar-refractivity contribution in [3.63, 3.8) is 0 Å². The number of benzene rings is 1. The molecule has 0 atom stereocenters. The minimum atomic E-state index is -1.31. The summed E-state index contributed by atoms with van der Waals surface area (Å²) in [5.74, 6) is 0.512. The first-order valence-corrected chi connectivity index (χ1v) is 8.08. The van der Waals surface area contributed by atoms with Crippen molar-refractivity contribution in [3.05, 3.63) is 29.8 Å². The number of rotatable bonds is 3. The average Bonchev–Trinajstić information content (AvgIpc) is 2.46. The van der Waals surface area contributed by atoms with Crippen molar-refractivity contribution < 1.29 is 19.4 Å². The highest BCUT2D eigenvalue weighted by molar-refractivity contribution is 5.91. The SMILES string of the molecule is O=C([O-])c1ccccc1OC(=O)C12CC3CC(CC(C3)C1)C2. The molecule has 0 saturated heterocycles. The third-order valence-electron chi connectivity index (χ3n) is 5.78. The molecule has 4 heteroatoms. The molecule has 4 aliphatic carbocycles. The molecule has 0 aliphatic heterocycles. The highest BCUT2D eigenvalue weighted by Gasteiger charge is 2.55. The molecule has 116 valence electrons. The topological polar surface area (TPSA) is 66.4 Å². The van der Waals surface area contributed by atoms with E-state index in [0.29, 0.717) is 17.8 Å². The highest BCUT2D eigenvalue weighted by atomic mass is 16.5. The van der Waals surface area contributed by atoms with E-state index < -0.39 is 5.97 Å². The summed E-state index contributed by atoms with van der Waals surface area (Å²) in [6, 6.07) is 6.23. The Hall–Kier alpha value is -1.84. The van der Waals surface area contributed by atoms with Gasteiger partial charge in [0.25, 0.3) is 0 Å². The number of carbonyl (C=O) groups is 2. The van der Waals surface area contributed by atoms with Crippen LogP contribution in [0, 0.1) is 23.2 Å². The lowest BCUT2D eigenvalue weighted by atomic mass is 9.49. The van der Waals surface area contributed by atoms with Crippen molar-refractivity contribution in [2.45, 2.75) is 38.5 Å². The molecule has 0 N–H and O–H groups in total. The van der Waals surface area contributed by atoms with Crippen LogP contribution in [0.5, 0.6) is 5.75 Å². The van der Waals surface area contributed by atoms with Crippen LogP contribution in [0.2, 0.25) is 0 Å². The quantitative estimate of drug-likeness (QED) is 0.634. The van der Waals surface area contributed by atoms with Crippen molar-refractivity contribution in [2.75, 3.05) is 0 Å². The molecule has 1 aromatic carbocycles. The van der Waals surface area contributed by atoms with Gasteiger partial charge in [0.2, 0.25) is 0 Å². The molecule has 4 aliphatic rings. The maximum absolute atomic E-state index is 12.8. The molecular formula is C18H19O4-. The fraction of sp³-hybridized carbons (Fsp3) is 0.556. The van der Waals surface area contributed by atoms with Gasteiger partial charge in [0.15, 0.2) is 0 Å². The Morgan fingerprint density at radius 1 is 1.00 bits per heavy atom. The van der Waals surface area contributed by atoms with Crippen molar-refractivity contribution in [3.8, 4) is 5.75 Å². The number of hydrogen-bond acceptors (Lipinski definition) is 4. The Bertz CT molecular complexity index is 598. The number of para-hydroxylation sites is 1. The molecule has 4 bridgehead atoms. The van der Waals surface area contributed by atoms with E-state index in [1.165, 1.54) is 31.4 Å². The highest BCUT2D eigenvalue weighted by Crippen LogP contribution is 2.60. The summed E-state index contributed by atoms with van der Waals surface area (Å²) < 4.78 is 5.53. The molecule has 4 fully saturated rings. The van der Waals surface area contributed by atoms with Crippen LogP contribution in [-0.2, 0) is 4.79 Å². The van der Waals surface area contributed by atoms with Gasteiger partial charge in [-0.3, -0.25) is 4.79 Å². The van der Waals surface area contributed by atoms with E-state index in [1.807, 2.05) is 0 Å². The third kappa shape index (κ3) is 2.13. The van der Waals surface area contributed by atoms with Crippen LogP contribution >= 0.6 is 0 Å². The molecule has 0 spiro atoms. The fourth-order valence-electron chi connectivity index (χ4n) is 5.29. The molecule has 5 rings (SSSR count). The zero-order valence-electron chi connectivity index (χ0n) is 12.4. The van der Waals surface area contributed by atoms with Crippen LogP contribution in [0.25, 0.3) is 0 Å². The normalized spacial score (nSPS) is 35.4. The lowest BCUT2D eigenvalue weighted by Gasteiger charge is -2.55. The van der Waals surface area contributed by atoms with Gasteiger partial charge in [0.05, 0.1) is 11.4 Å². The Kier molecular flexibility index (Phi) is 3.03. The van der Waals surface area contributed by atoms with E-state index in [1.54, 1.807) is 12.1 Å². The number of carboxylic acid groups (broad SMARTS) is 1. The Morgan fingerprint density at radius 2 is 1.55 bits per heavy atom. The molecule has 4 nitrogen and oxygen atoms in total. The van der Waals surface area contributed by atoms with E-state index in [4.69, 9.17) is 4.74 Å². The fourth-order valence-corrected chi connectivity index (χ4v) is 5.29. The van der Waals surface area contributed by atoms with E-state index in [0.717, 1.165) is 19.3 Å². The zero-order chi connectivity index (χ0) is 15.3. The van der Waals surface area contributed by atoms with Gasteiger partial charge in [-0.05, 0) is 68.4 Å². The minimum Gasteiger partial charge on any atom is -0.545 e. The predicted molar refractivity (Wildman–Crippen MR) is 77.0 cm³/mol. The Balaban J connectivity index is 1.59. The van der Waals surface area contributed by atoms with Crippen LogP contribution in [0.15, 0.2) is 24.3 Å². The van der Waals surface area contributed by atoms with Gasteiger partial charge in [-0.15, -0.1) is 0 Å². The van der Waals surface area contributed by atoms with Gasteiger partial charge >= 0.3 is 5.97 Å². The molecule has 22 heavy (non-hydrogen) atoms. The number of carboxylic acids is 1. The van der Waals surface area contributed by atoms with Crippen molar-refractivity contribution >= 4 is 11.9 Å². The van der Waals surface area contributed by atoms with E-state index in [2.05, 4.69) is 0 Å². The largest absolute Gasteiger partial charge is 0.545 e.